The Labute approximate surface area is 146 Å². The van der Waals surface area contributed by atoms with Crippen molar-refractivity contribution in [3.63, 3.8) is 0 Å². The van der Waals surface area contributed by atoms with Crippen LogP contribution in [0.2, 0.25) is 0 Å². The number of aromatic nitrogens is 1. The van der Waals surface area contributed by atoms with Crippen LogP contribution in [0.5, 0.6) is 0 Å². The molecule has 0 amide bonds. The summed E-state index contributed by atoms with van der Waals surface area (Å²) in [5.41, 5.74) is 2.51. The summed E-state index contributed by atoms with van der Waals surface area (Å²) in [5.74, 6) is 1.95. The third kappa shape index (κ3) is 7.05. The normalized spacial score (nSPS) is 11.5. The highest BCUT2D eigenvalue weighted by Crippen LogP contribution is 2.20. The zero-order valence-electron chi connectivity index (χ0n) is 13.7. The number of nitrogens with one attached hydrogen (secondary N) is 2. The lowest BCUT2D eigenvalue weighted by Gasteiger charge is -2.11. The monoisotopic (exact) mass is 348 g/mol. The number of aryl methyl sites for hydroxylation is 1. The molecule has 0 fully saturated rings. The number of thiazole rings is 1. The minimum Gasteiger partial charge on any atom is -0.357 e. The van der Waals surface area contributed by atoms with Crippen molar-refractivity contribution in [3.05, 3.63) is 47.0 Å². The second-order valence-corrected chi connectivity index (χ2v) is 7.34. The Morgan fingerprint density at radius 2 is 2.09 bits per heavy atom. The van der Waals surface area contributed by atoms with Gasteiger partial charge in [-0.1, -0.05) is 41.6 Å². The van der Waals surface area contributed by atoms with E-state index in [1.807, 2.05) is 23.3 Å². The van der Waals surface area contributed by atoms with Gasteiger partial charge in [-0.3, -0.25) is 0 Å². The van der Waals surface area contributed by atoms with Crippen molar-refractivity contribution >= 4 is 29.1 Å². The first-order valence-corrected chi connectivity index (χ1v) is 9.74. The highest BCUT2D eigenvalue weighted by Gasteiger charge is 1.99. The van der Waals surface area contributed by atoms with Gasteiger partial charge in [0.1, 0.15) is 4.34 Å². The van der Waals surface area contributed by atoms with E-state index in [1.54, 1.807) is 11.3 Å². The Morgan fingerprint density at radius 3 is 2.78 bits per heavy atom. The van der Waals surface area contributed by atoms with Crippen LogP contribution in [0.25, 0.3) is 0 Å². The summed E-state index contributed by atoms with van der Waals surface area (Å²) in [6.45, 7) is 6.67. The van der Waals surface area contributed by atoms with Gasteiger partial charge in [-0.25, -0.2) is 9.98 Å². The van der Waals surface area contributed by atoms with Crippen LogP contribution >= 0.6 is 23.1 Å². The molecule has 0 spiro atoms. The van der Waals surface area contributed by atoms with Gasteiger partial charge in [0.2, 0.25) is 0 Å². The summed E-state index contributed by atoms with van der Waals surface area (Å²) < 4.78 is 1.14. The Bertz CT molecular complexity index is 579. The second kappa shape index (κ2) is 10.3. The molecule has 6 heteroatoms. The number of rotatable bonds is 8. The minimum atomic E-state index is 0.698. The van der Waals surface area contributed by atoms with Crippen LogP contribution in [0.4, 0.5) is 0 Å². The zero-order valence-corrected chi connectivity index (χ0v) is 15.3. The molecule has 1 heterocycles. The van der Waals surface area contributed by atoms with Crippen LogP contribution in [0, 0.1) is 6.92 Å². The summed E-state index contributed by atoms with van der Waals surface area (Å²) in [5, 5.41) is 8.70. The average molecular weight is 349 g/mol. The van der Waals surface area contributed by atoms with Crippen LogP contribution in [0.15, 0.2) is 45.2 Å². The van der Waals surface area contributed by atoms with Crippen LogP contribution < -0.4 is 10.6 Å². The second-order valence-electron chi connectivity index (χ2n) is 5.11. The molecule has 124 valence electrons. The molecule has 0 aliphatic rings. The van der Waals surface area contributed by atoms with Crippen molar-refractivity contribution in [3.8, 4) is 0 Å². The van der Waals surface area contributed by atoms with Crippen molar-refractivity contribution in [1.82, 2.24) is 15.6 Å². The molecular weight excluding hydrogens is 324 g/mol. The topological polar surface area (TPSA) is 49.3 Å². The fraction of sp³-hybridized carbons (Fsp3) is 0.412. The van der Waals surface area contributed by atoms with E-state index in [0.29, 0.717) is 6.54 Å². The van der Waals surface area contributed by atoms with Gasteiger partial charge in [0.05, 0.1) is 6.54 Å². The molecule has 4 nitrogen and oxygen atoms in total. The Kier molecular flexibility index (Phi) is 7.97. The predicted octanol–water partition coefficient (Wildman–Crippen LogP) is 3.69. The van der Waals surface area contributed by atoms with E-state index in [0.717, 1.165) is 35.6 Å². The fourth-order valence-electron chi connectivity index (χ4n) is 1.93. The summed E-state index contributed by atoms with van der Waals surface area (Å²) in [7, 11) is 0. The number of guanidine groups is 1. The Morgan fingerprint density at radius 1 is 1.26 bits per heavy atom. The SMILES string of the molecule is CCNC(=NCc1ccc(C)cc1)NCCCSc1nccs1. The molecule has 2 aromatic rings. The van der Waals surface area contributed by atoms with Crippen molar-refractivity contribution < 1.29 is 0 Å². The molecule has 0 bridgehead atoms. The first-order chi connectivity index (χ1) is 11.3. The number of hydrogen-bond acceptors (Lipinski definition) is 4. The fourth-order valence-corrected chi connectivity index (χ4v) is 3.57. The molecule has 0 radical (unpaired) electrons. The van der Waals surface area contributed by atoms with Crippen LogP contribution in [-0.2, 0) is 6.54 Å². The minimum absolute atomic E-state index is 0.698. The van der Waals surface area contributed by atoms with Gasteiger partial charge in [0.25, 0.3) is 0 Å². The Hall–Kier alpha value is -1.53. The zero-order chi connectivity index (χ0) is 16.3. The lowest BCUT2D eigenvalue weighted by molar-refractivity contribution is 0.789. The summed E-state index contributed by atoms with van der Waals surface area (Å²) >= 11 is 3.51. The van der Waals surface area contributed by atoms with Crippen molar-refractivity contribution in [2.75, 3.05) is 18.8 Å². The standard InChI is InChI=1S/C17H24N4S2/c1-3-18-16(21-13-15-7-5-14(2)6-8-15)19-9-4-11-22-17-20-10-12-23-17/h5-8,10,12H,3-4,9,11,13H2,1-2H3,(H2,18,19,21). The van der Waals surface area contributed by atoms with E-state index in [4.69, 9.17) is 0 Å². The highest BCUT2D eigenvalue weighted by molar-refractivity contribution is 8.00. The maximum Gasteiger partial charge on any atom is 0.191 e. The lowest BCUT2D eigenvalue weighted by Crippen LogP contribution is -2.37. The number of nitrogens with zero attached hydrogens (tertiary/aromatic N) is 2. The number of aliphatic imine (C=N–C) groups is 1. The predicted molar refractivity (Wildman–Crippen MR) is 101 cm³/mol. The maximum absolute atomic E-state index is 4.64. The van der Waals surface area contributed by atoms with Crippen LogP contribution in [0.1, 0.15) is 24.5 Å². The van der Waals surface area contributed by atoms with Gasteiger partial charge in [0.15, 0.2) is 5.96 Å². The molecule has 0 unspecified atom stereocenters. The largest absolute Gasteiger partial charge is 0.357 e. The molecular formula is C17H24N4S2. The number of thioether (sulfide) groups is 1. The molecule has 1 aromatic carbocycles. The van der Waals surface area contributed by atoms with Gasteiger partial charge in [-0.2, -0.15) is 0 Å². The molecule has 0 saturated heterocycles. The molecule has 0 aliphatic heterocycles. The maximum atomic E-state index is 4.64. The van der Waals surface area contributed by atoms with Gasteiger partial charge in [0, 0.05) is 30.4 Å². The summed E-state index contributed by atoms with van der Waals surface area (Å²) in [4.78, 5) is 8.91. The van der Waals surface area contributed by atoms with Crippen LogP contribution in [0.3, 0.4) is 0 Å². The molecule has 0 atom stereocenters. The van der Waals surface area contributed by atoms with E-state index >= 15 is 0 Å². The summed E-state index contributed by atoms with van der Waals surface area (Å²) in [6.07, 6.45) is 2.94. The van der Waals surface area contributed by atoms with E-state index in [2.05, 4.69) is 58.7 Å². The average Bonchev–Trinajstić information content (AvgIpc) is 3.07. The molecule has 2 N–H and O–H groups in total. The molecule has 23 heavy (non-hydrogen) atoms. The lowest BCUT2D eigenvalue weighted by atomic mass is 10.1. The molecule has 0 aliphatic carbocycles. The van der Waals surface area contributed by atoms with E-state index in [1.165, 1.54) is 11.1 Å². The molecule has 1 aromatic heterocycles. The molecule has 2 rings (SSSR count). The Balaban J connectivity index is 1.71. The van der Waals surface area contributed by atoms with Crippen LogP contribution in [-0.4, -0.2) is 29.8 Å². The van der Waals surface area contributed by atoms with E-state index in [9.17, 15) is 0 Å². The van der Waals surface area contributed by atoms with Crippen molar-refractivity contribution in [2.24, 2.45) is 4.99 Å². The van der Waals surface area contributed by atoms with E-state index < -0.39 is 0 Å². The summed E-state index contributed by atoms with van der Waals surface area (Å²) in [6, 6.07) is 8.52. The van der Waals surface area contributed by atoms with Gasteiger partial charge in [-0.05, 0) is 25.8 Å². The van der Waals surface area contributed by atoms with Gasteiger partial charge in [-0.15, -0.1) is 11.3 Å². The third-order valence-electron chi connectivity index (χ3n) is 3.13. The molecule has 0 saturated carbocycles. The first-order valence-electron chi connectivity index (χ1n) is 7.88. The highest BCUT2D eigenvalue weighted by atomic mass is 32.2. The smallest absolute Gasteiger partial charge is 0.191 e. The number of hydrogen-bond donors (Lipinski definition) is 2. The first kappa shape index (κ1) is 17.8. The quantitative estimate of drug-likeness (QED) is 0.331. The van der Waals surface area contributed by atoms with E-state index in [-0.39, 0.29) is 0 Å². The van der Waals surface area contributed by atoms with Crippen molar-refractivity contribution in [1.29, 1.82) is 0 Å². The third-order valence-corrected chi connectivity index (χ3v) is 5.19. The van der Waals surface area contributed by atoms with Crippen molar-refractivity contribution in [2.45, 2.75) is 31.2 Å². The van der Waals surface area contributed by atoms with Gasteiger partial charge >= 0.3 is 0 Å². The van der Waals surface area contributed by atoms with Gasteiger partial charge < -0.3 is 10.6 Å². The number of benzene rings is 1.